The van der Waals surface area contributed by atoms with Crippen molar-refractivity contribution in [2.45, 2.75) is 52.5 Å². The van der Waals surface area contributed by atoms with Gasteiger partial charge in [-0.1, -0.05) is 50.2 Å². The summed E-state index contributed by atoms with van der Waals surface area (Å²) in [5, 5.41) is 29.4. The smallest absolute Gasteiger partial charge is 0.323 e. The van der Waals surface area contributed by atoms with E-state index in [2.05, 4.69) is 21.3 Å². The van der Waals surface area contributed by atoms with E-state index in [1.807, 2.05) is 25.1 Å². The van der Waals surface area contributed by atoms with Gasteiger partial charge in [-0.3, -0.25) is 19.2 Å². The molecule has 3 aromatic carbocycles. The van der Waals surface area contributed by atoms with Crippen LogP contribution >= 0.6 is 0 Å². The Morgan fingerprint density at radius 3 is 2.09 bits per heavy atom. The number of urea groups is 1. The molecule has 1 atom stereocenters. The lowest BCUT2D eigenvalue weighted by atomic mass is 9.85. The van der Waals surface area contributed by atoms with Crippen molar-refractivity contribution in [1.29, 1.82) is 0 Å². The number of para-hydroxylation sites is 1. The summed E-state index contributed by atoms with van der Waals surface area (Å²) in [5.41, 5.74) is 2.82. The number of carboxylic acid groups (broad SMARTS) is 2. The highest BCUT2D eigenvalue weighted by molar-refractivity contribution is 6.01. The number of methoxy groups -OCH3 is 1. The molecule has 3 aromatic rings. The van der Waals surface area contributed by atoms with Gasteiger partial charge in [-0.15, -0.1) is 0 Å². The minimum Gasteiger partial charge on any atom is -0.495 e. The average molecular weight is 619 g/mol. The molecule has 45 heavy (non-hydrogen) atoms. The van der Waals surface area contributed by atoms with Crippen molar-refractivity contribution < 1.29 is 38.9 Å². The Morgan fingerprint density at radius 2 is 1.47 bits per heavy atom. The van der Waals surface area contributed by atoms with Crippen LogP contribution in [0.4, 0.5) is 21.9 Å². The number of anilines is 3. The van der Waals surface area contributed by atoms with Crippen LogP contribution in [0, 0.1) is 12.3 Å². The van der Waals surface area contributed by atoms with Crippen LogP contribution in [0.25, 0.3) is 0 Å². The topological polar surface area (TPSA) is 183 Å². The third-order valence-corrected chi connectivity index (χ3v) is 6.85. The Labute approximate surface area is 261 Å². The second-order valence-corrected chi connectivity index (χ2v) is 11.4. The molecule has 12 heteroatoms. The van der Waals surface area contributed by atoms with Crippen molar-refractivity contribution in [3.8, 4) is 5.75 Å². The standard InChI is InChI=1S/C33H38N4O8/c1-20-7-5-6-8-24(20)36-32(44)37-25-14-9-21(15-27(25)45-4)16-28(38)34-23-12-10-22(11-13-23)26(17-30(40)41)35-29(39)18-33(2,3)19-31(42)43/h5-15,26H,16-19H2,1-4H3,(H,34,38)(H,35,39)(H,40,41)(H,42,43)(H2,36,37,44)/t26-/m1/s1. The minimum atomic E-state index is -1.12. The molecule has 0 radical (unpaired) electrons. The molecule has 6 N–H and O–H groups in total. The molecule has 238 valence electrons. The largest absolute Gasteiger partial charge is 0.495 e. The summed E-state index contributed by atoms with van der Waals surface area (Å²) in [6.45, 7) is 5.19. The summed E-state index contributed by atoms with van der Waals surface area (Å²) < 4.78 is 5.42. The van der Waals surface area contributed by atoms with Crippen LogP contribution in [0.3, 0.4) is 0 Å². The van der Waals surface area contributed by atoms with E-state index >= 15 is 0 Å². The van der Waals surface area contributed by atoms with Crippen LogP contribution in [0.1, 0.15) is 55.8 Å². The summed E-state index contributed by atoms with van der Waals surface area (Å²) in [6.07, 6.45) is -0.668. The van der Waals surface area contributed by atoms with Gasteiger partial charge in [0.1, 0.15) is 5.75 Å². The second-order valence-electron chi connectivity index (χ2n) is 11.4. The first-order chi connectivity index (χ1) is 21.2. The molecule has 0 spiro atoms. The quantitative estimate of drug-likeness (QED) is 0.140. The van der Waals surface area contributed by atoms with E-state index in [0.717, 1.165) is 5.56 Å². The Kier molecular flexibility index (Phi) is 11.6. The Morgan fingerprint density at radius 1 is 0.800 bits per heavy atom. The molecule has 0 aliphatic rings. The van der Waals surface area contributed by atoms with Gasteiger partial charge < -0.3 is 36.2 Å². The van der Waals surface area contributed by atoms with Gasteiger partial charge in [0.2, 0.25) is 11.8 Å². The maximum Gasteiger partial charge on any atom is 0.323 e. The number of hydrogen-bond donors (Lipinski definition) is 6. The van der Waals surface area contributed by atoms with Gasteiger partial charge >= 0.3 is 18.0 Å². The van der Waals surface area contributed by atoms with Crippen LogP contribution in [-0.4, -0.2) is 47.1 Å². The van der Waals surface area contributed by atoms with Crippen LogP contribution in [-0.2, 0) is 25.6 Å². The van der Waals surface area contributed by atoms with Crippen molar-refractivity contribution >= 4 is 46.8 Å². The maximum atomic E-state index is 12.8. The molecule has 4 amide bonds. The van der Waals surface area contributed by atoms with Gasteiger partial charge in [0.15, 0.2) is 0 Å². The van der Waals surface area contributed by atoms with Gasteiger partial charge in [-0.05, 0) is 59.4 Å². The molecule has 0 saturated carbocycles. The normalized spacial score (nSPS) is 11.6. The Bertz CT molecular complexity index is 1550. The third kappa shape index (κ3) is 11.0. The monoisotopic (exact) mass is 618 g/mol. The fraction of sp³-hybridized carbons (Fsp3) is 0.303. The summed E-state index contributed by atoms with van der Waals surface area (Å²) in [5.74, 6) is -2.56. The lowest BCUT2D eigenvalue weighted by Gasteiger charge is -2.24. The summed E-state index contributed by atoms with van der Waals surface area (Å²) in [6, 6.07) is 17.5. The van der Waals surface area contributed by atoms with Gasteiger partial charge in [0.05, 0.1) is 38.1 Å². The number of aliphatic carboxylic acids is 2. The summed E-state index contributed by atoms with van der Waals surface area (Å²) in [7, 11) is 1.46. The van der Waals surface area contributed by atoms with E-state index in [4.69, 9.17) is 9.84 Å². The third-order valence-electron chi connectivity index (χ3n) is 6.85. The zero-order chi connectivity index (χ0) is 33.1. The van der Waals surface area contributed by atoms with Gasteiger partial charge in [0, 0.05) is 17.8 Å². The predicted molar refractivity (Wildman–Crippen MR) is 169 cm³/mol. The Balaban J connectivity index is 1.61. The van der Waals surface area contributed by atoms with Crippen molar-refractivity contribution in [2.75, 3.05) is 23.1 Å². The Hall–Kier alpha value is -5.39. The number of hydrogen-bond acceptors (Lipinski definition) is 6. The first kappa shape index (κ1) is 34.1. The zero-order valence-electron chi connectivity index (χ0n) is 25.6. The summed E-state index contributed by atoms with van der Waals surface area (Å²) >= 11 is 0. The van der Waals surface area contributed by atoms with E-state index in [-0.39, 0.29) is 31.6 Å². The molecule has 0 unspecified atom stereocenters. The predicted octanol–water partition coefficient (Wildman–Crippen LogP) is 5.35. The average Bonchev–Trinajstić information content (AvgIpc) is 2.93. The van der Waals surface area contributed by atoms with Gasteiger partial charge in [-0.2, -0.15) is 0 Å². The number of benzene rings is 3. The number of aryl methyl sites for hydroxylation is 1. The molecule has 3 rings (SSSR count). The molecular formula is C33H38N4O8. The highest BCUT2D eigenvalue weighted by Gasteiger charge is 2.27. The van der Waals surface area contributed by atoms with Gasteiger partial charge in [0.25, 0.3) is 0 Å². The number of carboxylic acids is 2. The van der Waals surface area contributed by atoms with E-state index in [1.165, 1.54) is 7.11 Å². The van der Waals surface area contributed by atoms with Crippen LogP contribution in [0.5, 0.6) is 5.75 Å². The molecule has 12 nitrogen and oxygen atoms in total. The fourth-order valence-corrected chi connectivity index (χ4v) is 4.71. The number of carbonyl (C=O) groups excluding carboxylic acids is 3. The van der Waals surface area contributed by atoms with E-state index in [1.54, 1.807) is 62.4 Å². The van der Waals surface area contributed by atoms with Crippen molar-refractivity contribution in [3.05, 3.63) is 83.4 Å². The first-order valence-electron chi connectivity index (χ1n) is 14.2. The zero-order valence-corrected chi connectivity index (χ0v) is 25.6. The molecule has 0 aliphatic carbocycles. The van der Waals surface area contributed by atoms with E-state index in [0.29, 0.717) is 33.9 Å². The van der Waals surface area contributed by atoms with E-state index < -0.39 is 35.3 Å². The molecule has 0 heterocycles. The number of nitrogens with one attached hydrogen (secondary N) is 4. The van der Waals surface area contributed by atoms with Crippen LogP contribution in [0.15, 0.2) is 66.7 Å². The molecular weight excluding hydrogens is 580 g/mol. The fourth-order valence-electron chi connectivity index (χ4n) is 4.71. The minimum absolute atomic E-state index is 0.0115. The molecule has 0 aliphatic heterocycles. The molecule has 0 aromatic heterocycles. The highest BCUT2D eigenvalue weighted by Crippen LogP contribution is 2.28. The van der Waals surface area contributed by atoms with Crippen molar-refractivity contribution in [2.24, 2.45) is 5.41 Å². The number of amides is 4. The highest BCUT2D eigenvalue weighted by atomic mass is 16.5. The SMILES string of the molecule is COc1cc(CC(=O)Nc2ccc([C@@H](CC(=O)O)NC(=O)CC(C)(C)CC(=O)O)cc2)ccc1NC(=O)Nc1ccccc1C. The van der Waals surface area contributed by atoms with Crippen LogP contribution in [0.2, 0.25) is 0 Å². The summed E-state index contributed by atoms with van der Waals surface area (Å²) in [4.78, 5) is 60.5. The molecule has 0 bridgehead atoms. The van der Waals surface area contributed by atoms with E-state index in [9.17, 15) is 29.1 Å². The van der Waals surface area contributed by atoms with Crippen molar-refractivity contribution in [1.82, 2.24) is 5.32 Å². The number of ether oxygens (including phenoxy) is 1. The molecule has 0 saturated heterocycles. The number of rotatable bonds is 14. The van der Waals surface area contributed by atoms with Crippen molar-refractivity contribution in [3.63, 3.8) is 0 Å². The lowest BCUT2D eigenvalue weighted by Crippen LogP contribution is -2.34. The first-order valence-corrected chi connectivity index (χ1v) is 14.2. The lowest BCUT2D eigenvalue weighted by molar-refractivity contribution is -0.139. The van der Waals surface area contributed by atoms with Crippen LogP contribution < -0.4 is 26.0 Å². The maximum absolute atomic E-state index is 12.8. The van der Waals surface area contributed by atoms with Gasteiger partial charge in [-0.25, -0.2) is 4.79 Å². The molecule has 0 fully saturated rings. The second kappa shape index (κ2) is 15.4. The number of carbonyl (C=O) groups is 5.